The van der Waals surface area contributed by atoms with Crippen molar-refractivity contribution in [2.24, 2.45) is 0 Å². The maximum absolute atomic E-state index is 13.1. The van der Waals surface area contributed by atoms with Crippen LogP contribution in [0, 0.1) is 5.82 Å². The minimum absolute atomic E-state index is 0.221. The first-order chi connectivity index (χ1) is 9.81. The largest absolute Gasteiger partial charge is 0.338 e. The number of aromatic amines is 1. The van der Waals surface area contributed by atoms with Gasteiger partial charge in [0.05, 0.1) is 0 Å². The normalized spacial score (nSPS) is 16.1. The van der Waals surface area contributed by atoms with Gasteiger partial charge in [-0.25, -0.2) is 4.39 Å². The molecule has 2 aromatic rings. The van der Waals surface area contributed by atoms with E-state index in [2.05, 4.69) is 25.4 Å². The Morgan fingerprint density at radius 2 is 2.20 bits per heavy atom. The Bertz CT molecular complexity index is 560. The lowest BCUT2D eigenvalue weighted by Crippen LogP contribution is -2.28. The highest BCUT2D eigenvalue weighted by atomic mass is 19.1. The minimum Gasteiger partial charge on any atom is -0.338 e. The molecule has 1 aliphatic rings. The molecule has 0 atom stereocenters. The maximum atomic E-state index is 13.1. The van der Waals surface area contributed by atoms with Crippen molar-refractivity contribution in [1.29, 1.82) is 0 Å². The lowest BCUT2D eigenvalue weighted by molar-refractivity contribution is 0.626. The van der Waals surface area contributed by atoms with Crippen molar-refractivity contribution in [2.75, 3.05) is 31.1 Å². The van der Waals surface area contributed by atoms with Gasteiger partial charge in [0.2, 0.25) is 5.95 Å². The highest BCUT2D eigenvalue weighted by Crippen LogP contribution is 2.12. The first-order valence-corrected chi connectivity index (χ1v) is 6.93. The van der Waals surface area contributed by atoms with Crippen LogP contribution in [0.2, 0.25) is 0 Å². The summed E-state index contributed by atoms with van der Waals surface area (Å²) < 4.78 is 13.1. The predicted molar refractivity (Wildman–Crippen MR) is 75.3 cm³/mol. The fraction of sp³-hybridized carbons (Fsp3) is 0.429. The molecule has 0 spiro atoms. The van der Waals surface area contributed by atoms with Crippen LogP contribution in [0.5, 0.6) is 0 Å². The van der Waals surface area contributed by atoms with E-state index < -0.39 is 0 Å². The van der Waals surface area contributed by atoms with Crippen LogP contribution in [0.3, 0.4) is 0 Å². The molecular formula is C14H18FN5. The van der Waals surface area contributed by atoms with Crippen LogP contribution >= 0.6 is 0 Å². The summed E-state index contributed by atoms with van der Waals surface area (Å²) >= 11 is 0. The van der Waals surface area contributed by atoms with Crippen LogP contribution in [0.1, 0.15) is 17.8 Å². The molecule has 1 fully saturated rings. The number of nitrogens with one attached hydrogen (secondary N) is 2. The van der Waals surface area contributed by atoms with E-state index in [4.69, 9.17) is 0 Å². The molecule has 0 aliphatic carbocycles. The average Bonchev–Trinajstić information content (AvgIpc) is 2.73. The zero-order valence-electron chi connectivity index (χ0n) is 11.3. The molecule has 0 saturated carbocycles. The number of aromatic nitrogens is 3. The number of halogens is 1. The van der Waals surface area contributed by atoms with Crippen molar-refractivity contribution in [1.82, 2.24) is 20.5 Å². The Hall–Kier alpha value is -1.95. The van der Waals surface area contributed by atoms with Crippen LogP contribution in [0.4, 0.5) is 10.3 Å². The van der Waals surface area contributed by atoms with Crippen molar-refractivity contribution in [2.45, 2.75) is 12.8 Å². The molecule has 0 amide bonds. The van der Waals surface area contributed by atoms with E-state index in [1.54, 1.807) is 6.07 Å². The Morgan fingerprint density at radius 3 is 3.10 bits per heavy atom. The number of hydrogen-bond donors (Lipinski definition) is 2. The van der Waals surface area contributed by atoms with E-state index in [9.17, 15) is 4.39 Å². The second-order valence-corrected chi connectivity index (χ2v) is 4.98. The molecule has 1 aromatic heterocycles. The molecule has 0 unspecified atom stereocenters. The Morgan fingerprint density at radius 1 is 1.25 bits per heavy atom. The smallest absolute Gasteiger partial charge is 0.244 e. The molecule has 1 aliphatic heterocycles. The van der Waals surface area contributed by atoms with Crippen molar-refractivity contribution < 1.29 is 4.39 Å². The Labute approximate surface area is 117 Å². The standard InChI is InChI=1S/C14H18FN5/c15-12-4-1-3-11(9-12)10-13-17-14(19-18-13)20-7-2-5-16-6-8-20/h1,3-4,9,16H,2,5-8,10H2,(H,17,18,19). The second-order valence-electron chi connectivity index (χ2n) is 4.98. The number of H-pyrrole nitrogens is 1. The van der Waals surface area contributed by atoms with Crippen molar-refractivity contribution in [3.05, 3.63) is 41.5 Å². The third-order valence-electron chi connectivity index (χ3n) is 3.40. The van der Waals surface area contributed by atoms with Crippen LogP contribution in [0.15, 0.2) is 24.3 Å². The lowest BCUT2D eigenvalue weighted by Gasteiger charge is -2.16. The van der Waals surface area contributed by atoms with Crippen molar-refractivity contribution in [3.63, 3.8) is 0 Å². The topological polar surface area (TPSA) is 56.8 Å². The highest BCUT2D eigenvalue weighted by molar-refractivity contribution is 5.30. The summed E-state index contributed by atoms with van der Waals surface area (Å²) in [5, 5.41) is 10.6. The average molecular weight is 275 g/mol. The lowest BCUT2D eigenvalue weighted by atomic mass is 10.1. The minimum atomic E-state index is -0.221. The van der Waals surface area contributed by atoms with Gasteiger partial charge >= 0.3 is 0 Å². The van der Waals surface area contributed by atoms with E-state index >= 15 is 0 Å². The third kappa shape index (κ3) is 3.14. The number of hydrogen-bond acceptors (Lipinski definition) is 4. The van der Waals surface area contributed by atoms with Gasteiger partial charge in [0.15, 0.2) is 0 Å². The van der Waals surface area contributed by atoms with Gasteiger partial charge in [0.1, 0.15) is 11.6 Å². The SMILES string of the molecule is Fc1cccc(Cc2nc(N3CCCNCC3)n[nH]2)c1. The van der Waals surface area contributed by atoms with Gasteiger partial charge in [-0.05, 0) is 30.7 Å². The van der Waals surface area contributed by atoms with Crippen molar-refractivity contribution in [3.8, 4) is 0 Å². The molecule has 0 radical (unpaired) electrons. The summed E-state index contributed by atoms with van der Waals surface area (Å²) in [6, 6.07) is 6.57. The number of benzene rings is 1. The summed E-state index contributed by atoms with van der Waals surface area (Å²) in [4.78, 5) is 6.68. The summed E-state index contributed by atoms with van der Waals surface area (Å²) in [7, 11) is 0. The first-order valence-electron chi connectivity index (χ1n) is 6.93. The summed E-state index contributed by atoms with van der Waals surface area (Å²) in [6.45, 7) is 3.87. The second kappa shape index (κ2) is 6.00. The molecule has 2 N–H and O–H groups in total. The van der Waals surface area contributed by atoms with Gasteiger partial charge in [0.25, 0.3) is 0 Å². The fourth-order valence-electron chi connectivity index (χ4n) is 2.39. The molecule has 5 nitrogen and oxygen atoms in total. The van der Waals surface area contributed by atoms with Gasteiger partial charge in [0, 0.05) is 26.1 Å². The fourth-order valence-corrected chi connectivity index (χ4v) is 2.39. The molecule has 2 heterocycles. The van der Waals surface area contributed by atoms with Crippen LogP contribution in [0.25, 0.3) is 0 Å². The molecule has 3 rings (SSSR count). The Balaban J connectivity index is 1.70. The quantitative estimate of drug-likeness (QED) is 0.887. The van der Waals surface area contributed by atoms with Gasteiger partial charge in [-0.3, -0.25) is 5.10 Å². The van der Waals surface area contributed by atoms with E-state index in [1.807, 2.05) is 6.07 Å². The zero-order chi connectivity index (χ0) is 13.8. The van der Waals surface area contributed by atoms with Gasteiger partial charge in [-0.15, -0.1) is 5.10 Å². The Kier molecular flexibility index (Phi) is 3.92. The molecular weight excluding hydrogens is 257 g/mol. The molecule has 106 valence electrons. The summed E-state index contributed by atoms with van der Waals surface area (Å²) in [6.07, 6.45) is 1.66. The maximum Gasteiger partial charge on any atom is 0.244 e. The van der Waals surface area contributed by atoms with Gasteiger partial charge in [-0.2, -0.15) is 4.98 Å². The van der Waals surface area contributed by atoms with Gasteiger partial charge in [-0.1, -0.05) is 12.1 Å². The van der Waals surface area contributed by atoms with Gasteiger partial charge < -0.3 is 10.2 Å². The highest BCUT2D eigenvalue weighted by Gasteiger charge is 2.14. The number of rotatable bonds is 3. The predicted octanol–water partition coefficient (Wildman–Crippen LogP) is 1.33. The van der Waals surface area contributed by atoms with Crippen LogP contribution in [-0.4, -0.2) is 41.4 Å². The molecule has 1 saturated heterocycles. The molecule has 0 bridgehead atoms. The van der Waals surface area contributed by atoms with Crippen LogP contribution in [-0.2, 0) is 6.42 Å². The van der Waals surface area contributed by atoms with E-state index in [-0.39, 0.29) is 5.82 Å². The van der Waals surface area contributed by atoms with Crippen molar-refractivity contribution >= 4 is 5.95 Å². The molecule has 1 aromatic carbocycles. The molecule has 6 heteroatoms. The number of anilines is 1. The van der Waals surface area contributed by atoms with E-state index in [0.29, 0.717) is 6.42 Å². The van der Waals surface area contributed by atoms with E-state index in [0.717, 1.165) is 49.9 Å². The van der Waals surface area contributed by atoms with Crippen LogP contribution < -0.4 is 10.2 Å². The number of nitrogens with zero attached hydrogens (tertiary/aromatic N) is 3. The monoisotopic (exact) mass is 275 g/mol. The first kappa shape index (κ1) is 13.1. The summed E-state index contributed by atoms with van der Waals surface area (Å²) in [5.41, 5.74) is 0.894. The molecule has 20 heavy (non-hydrogen) atoms. The third-order valence-corrected chi connectivity index (χ3v) is 3.40. The van der Waals surface area contributed by atoms with E-state index in [1.165, 1.54) is 12.1 Å². The zero-order valence-corrected chi connectivity index (χ0v) is 11.3. The summed E-state index contributed by atoms with van der Waals surface area (Å²) in [5.74, 6) is 1.28.